The van der Waals surface area contributed by atoms with Crippen molar-refractivity contribution in [1.29, 1.82) is 0 Å². The average molecular weight is 449 g/mol. The van der Waals surface area contributed by atoms with Crippen molar-refractivity contribution >= 4 is 11.7 Å². The highest BCUT2D eigenvalue weighted by Gasteiger charge is 2.23. The fourth-order valence-electron chi connectivity index (χ4n) is 3.96. The number of amides is 2. The van der Waals surface area contributed by atoms with Crippen molar-refractivity contribution in [3.8, 4) is 17.2 Å². The molecule has 1 aliphatic rings. The van der Waals surface area contributed by atoms with Gasteiger partial charge in [-0.3, -0.25) is 4.90 Å². The molecule has 4 rings (SSSR count). The molecule has 0 bridgehead atoms. The molecule has 1 saturated heterocycles. The number of urea groups is 1. The zero-order valence-electron chi connectivity index (χ0n) is 19.9. The van der Waals surface area contributed by atoms with Crippen molar-refractivity contribution in [2.45, 2.75) is 34.2 Å². The maximum atomic E-state index is 12.7. The van der Waals surface area contributed by atoms with Gasteiger partial charge in [-0.15, -0.1) is 0 Å². The number of oxazole rings is 1. The number of carbonyl (C=O) groups is 1. The number of nitrogens with one attached hydrogen (secondary N) is 1. The molecule has 0 atom stereocenters. The number of benzene rings is 2. The van der Waals surface area contributed by atoms with Crippen molar-refractivity contribution in [3.63, 3.8) is 0 Å². The maximum absolute atomic E-state index is 12.7. The first-order valence-electron chi connectivity index (χ1n) is 11.5. The number of anilines is 1. The van der Waals surface area contributed by atoms with Crippen LogP contribution in [0.3, 0.4) is 0 Å². The molecule has 2 heterocycles. The van der Waals surface area contributed by atoms with E-state index >= 15 is 0 Å². The summed E-state index contributed by atoms with van der Waals surface area (Å²) in [6.45, 7) is 12.3. The molecule has 0 aliphatic carbocycles. The Labute approximate surface area is 195 Å². The van der Waals surface area contributed by atoms with Crippen molar-refractivity contribution in [2.24, 2.45) is 0 Å². The van der Waals surface area contributed by atoms with Crippen LogP contribution in [0, 0.1) is 20.8 Å². The molecule has 1 aliphatic heterocycles. The fraction of sp³-hybridized carbons (Fsp3) is 0.385. The van der Waals surface area contributed by atoms with Gasteiger partial charge in [0, 0.05) is 44.0 Å². The molecule has 0 unspecified atom stereocenters. The molecule has 33 heavy (non-hydrogen) atoms. The third-order valence-electron chi connectivity index (χ3n) is 6.18. The van der Waals surface area contributed by atoms with Gasteiger partial charge in [0.05, 0.1) is 12.3 Å². The minimum Gasteiger partial charge on any atom is -0.494 e. The largest absolute Gasteiger partial charge is 0.494 e. The van der Waals surface area contributed by atoms with Crippen LogP contribution in [0.2, 0.25) is 0 Å². The number of nitrogens with zero attached hydrogens (tertiary/aromatic N) is 3. The van der Waals surface area contributed by atoms with Crippen molar-refractivity contribution < 1.29 is 13.9 Å². The lowest BCUT2D eigenvalue weighted by atomic mass is 10.1. The quantitative estimate of drug-likeness (QED) is 0.574. The van der Waals surface area contributed by atoms with E-state index in [-0.39, 0.29) is 6.03 Å². The van der Waals surface area contributed by atoms with Crippen LogP contribution in [0.25, 0.3) is 11.5 Å². The van der Waals surface area contributed by atoms with Gasteiger partial charge in [0.2, 0.25) is 5.89 Å². The first kappa shape index (κ1) is 22.9. The SMILES string of the molecule is CCOc1ccc(-c2nc(CN3CCN(C(=O)Nc4cccc(C)c4C)CC3)c(C)o2)cc1. The van der Waals surface area contributed by atoms with Crippen molar-refractivity contribution in [2.75, 3.05) is 38.1 Å². The molecule has 1 fully saturated rings. The predicted molar refractivity (Wildman–Crippen MR) is 130 cm³/mol. The lowest BCUT2D eigenvalue weighted by Crippen LogP contribution is -2.49. The lowest BCUT2D eigenvalue weighted by Gasteiger charge is -2.34. The molecule has 2 amide bonds. The predicted octanol–water partition coefficient (Wildman–Crippen LogP) is 5.02. The molecular weight excluding hydrogens is 416 g/mol. The van der Waals surface area contributed by atoms with Gasteiger partial charge < -0.3 is 19.4 Å². The molecule has 0 spiro atoms. The average Bonchev–Trinajstić information content (AvgIpc) is 3.18. The van der Waals surface area contributed by atoms with Crippen LogP contribution in [0.5, 0.6) is 5.75 Å². The smallest absolute Gasteiger partial charge is 0.321 e. The summed E-state index contributed by atoms with van der Waals surface area (Å²) in [5.74, 6) is 2.29. The normalized spacial score (nSPS) is 14.4. The van der Waals surface area contributed by atoms with Gasteiger partial charge in [0.1, 0.15) is 11.5 Å². The summed E-state index contributed by atoms with van der Waals surface area (Å²) in [5.41, 5.74) is 5.02. The Morgan fingerprint density at radius 2 is 1.79 bits per heavy atom. The molecule has 1 aromatic heterocycles. The van der Waals surface area contributed by atoms with E-state index < -0.39 is 0 Å². The van der Waals surface area contributed by atoms with Crippen LogP contribution in [0.1, 0.15) is 29.5 Å². The zero-order chi connectivity index (χ0) is 23.4. The molecular formula is C26H32N4O3. The Bertz CT molecular complexity index is 1100. The Balaban J connectivity index is 1.32. The number of ether oxygens (including phenoxy) is 1. The minimum absolute atomic E-state index is 0.0428. The summed E-state index contributed by atoms with van der Waals surface area (Å²) < 4.78 is 11.4. The van der Waals surface area contributed by atoms with Crippen molar-refractivity contribution in [1.82, 2.24) is 14.8 Å². The Hall–Kier alpha value is -3.32. The Morgan fingerprint density at radius 3 is 2.48 bits per heavy atom. The third kappa shape index (κ3) is 5.37. The van der Waals surface area contributed by atoms with Crippen molar-refractivity contribution in [3.05, 3.63) is 65.0 Å². The van der Waals surface area contributed by atoms with Crippen LogP contribution < -0.4 is 10.1 Å². The van der Waals surface area contributed by atoms with Gasteiger partial charge in [-0.05, 0) is 69.2 Å². The summed E-state index contributed by atoms with van der Waals surface area (Å²) in [4.78, 5) is 21.7. The highest BCUT2D eigenvalue weighted by Crippen LogP contribution is 2.25. The lowest BCUT2D eigenvalue weighted by molar-refractivity contribution is 0.141. The van der Waals surface area contributed by atoms with Gasteiger partial charge in [0.25, 0.3) is 0 Å². The summed E-state index contributed by atoms with van der Waals surface area (Å²) in [6.07, 6.45) is 0. The van der Waals surface area contributed by atoms with Gasteiger partial charge in [-0.25, -0.2) is 9.78 Å². The molecule has 7 heteroatoms. The molecule has 0 radical (unpaired) electrons. The number of aryl methyl sites for hydroxylation is 2. The van der Waals surface area contributed by atoms with Crippen LogP contribution in [-0.2, 0) is 6.54 Å². The minimum atomic E-state index is -0.0428. The topological polar surface area (TPSA) is 70.8 Å². The van der Waals surface area contributed by atoms with E-state index in [1.165, 1.54) is 5.56 Å². The monoisotopic (exact) mass is 448 g/mol. The fourth-order valence-corrected chi connectivity index (χ4v) is 3.96. The second kappa shape index (κ2) is 10.1. The standard InChI is InChI=1S/C26H32N4O3/c1-5-32-22-11-9-21(10-12-22)25-27-24(20(4)33-25)17-29-13-15-30(16-14-29)26(31)28-23-8-6-7-18(2)19(23)3/h6-12H,5,13-17H2,1-4H3,(H,28,31). The summed E-state index contributed by atoms with van der Waals surface area (Å²) in [5, 5.41) is 3.06. The summed E-state index contributed by atoms with van der Waals surface area (Å²) >= 11 is 0. The number of carbonyl (C=O) groups excluding carboxylic acids is 1. The van der Waals surface area contributed by atoms with Crippen LogP contribution in [-0.4, -0.2) is 53.6 Å². The molecule has 1 N–H and O–H groups in total. The second-order valence-electron chi connectivity index (χ2n) is 8.42. The molecule has 174 valence electrons. The van der Waals surface area contributed by atoms with E-state index in [0.29, 0.717) is 32.1 Å². The highest BCUT2D eigenvalue weighted by molar-refractivity contribution is 5.90. The van der Waals surface area contributed by atoms with E-state index in [2.05, 4.69) is 23.2 Å². The van der Waals surface area contributed by atoms with E-state index in [4.69, 9.17) is 14.1 Å². The molecule has 3 aromatic rings. The highest BCUT2D eigenvalue weighted by atomic mass is 16.5. The molecule has 7 nitrogen and oxygen atoms in total. The third-order valence-corrected chi connectivity index (χ3v) is 6.18. The number of hydrogen-bond donors (Lipinski definition) is 1. The number of hydrogen-bond acceptors (Lipinski definition) is 5. The van der Waals surface area contributed by atoms with E-state index in [1.54, 1.807) is 0 Å². The number of rotatable bonds is 6. The van der Waals surface area contributed by atoms with E-state index in [9.17, 15) is 4.79 Å². The van der Waals surface area contributed by atoms with Crippen LogP contribution in [0.15, 0.2) is 46.9 Å². The Kier molecular flexibility index (Phi) is 6.99. The van der Waals surface area contributed by atoms with E-state index in [1.807, 2.05) is 62.1 Å². The summed E-state index contributed by atoms with van der Waals surface area (Å²) in [7, 11) is 0. The van der Waals surface area contributed by atoms with Gasteiger partial charge in [-0.1, -0.05) is 12.1 Å². The second-order valence-corrected chi connectivity index (χ2v) is 8.42. The van der Waals surface area contributed by atoms with Crippen LogP contribution >= 0.6 is 0 Å². The first-order valence-corrected chi connectivity index (χ1v) is 11.5. The zero-order valence-corrected chi connectivity index (χ0v) is 19.9. The number of piperazine rings is 1. The van der Waals surface area contributed by atoms with Crippen LogP contribution in [0.4, 0.5) is 10.5 Å². The molecule has 0 saturated carbocycles. The first-order chi connectivity index (χ1) is 15.9. The molecule has 2 aromatic carbocycles. The Morgan fingerprint density at radius 1 is 1.06 bits per heavy atom. The van der Waals surface area contributed by atoms with Gasteiger partial charge in [0.15, 0.2) is 0 Å². The maximum Gasteiger partial charge on any atom is 0.321 e. The van der Waals surface area contributed by atoms with Gasteiger partial charge in [-0.2, -0.15) is 0 Å². The number of aromatic nitrogens is 1. The summed E-state index contributed by atoms with van der Waals surface area (Å²) in [6, 6.07) is 13.7. The van der Waals surface area contributed by atoms with Gasteiger partial charge >= 0.3 is 6.03 Å². The van der Waals surface area contributed by atoms with E-state index in [0.717, 1.165) is 47.1 Å².